The lowest BCUT2D eigenvalue weighted by Gasteiger charge is -2.11. The quantitative estimate of drug-likeness (QED) is 0.517. The first-order chi connectivity index (χ1) is 10.9. The number of likely N-dealkylation sites (N-methyl/N-ethyl adjacent to an activating group) is 1. The van der Waals surface area contributed by atoms with Crippen LogP contribution in [0.25, 0.3) is 0 Å². The Bertz CT molecular complexity index is 782. The number of aliphatic imine (C=N–C) groups is 1. The average Bonchev–Trinajstić information content (AvgIpc) is 2.96. The molecular weight excluding hydrogens is 327 g/mol. The first-order valence-electron chi connectivity index (χ1n) is 6.74. The monoisotopic (exact) mass is 340 g/mol. The van der Waals surface area contributed by atoms with E-state index in [0.717, 1.165) is 18.3 Å². The van der Waals surface area contributed by atoms with Gasteiger partial charge in [0.15, 0.2) is 6.21 Å². The van der Waals surface area contributed by atoms with Crippen LogP contribution in [0.2, 0.25) is 0 Å². The SMILES string of the molecule is CNC1C([s+]2cccc2)=Nc2ccc(C(F)(F)F)cc2C=[N+]1[O-]. The highest BCUT2D eigenvalue weighted by molar-refractivity contribution is 7.49. The van der Waals surface area contributed by atoms with Gasteiger partial charge in [0, 0.05) is 10.5 Å². The van der Waals surface area contributed by atoms with Crippen LogP contribution in [-0.2, 0) is 6.18 Å². The van der Waals surface area contributed by atoms with Gasteiger partial charge < -0.3 is 5.21 Å². The van der Waals surface area contributed by atoms with Crippen LogP contribution in [0.4, 0.5) is 18.9 Å². The number of rotatable bonds is 2. The van der Waals surface area contributed by atoms with E-state index in [4.69, 9.17) is 0 Å². The summed E-state index contributed by atoms with van der Waals surface area (Å²) in [5, 5.41) is 19.6. The van der Waals surface area contributed by atoms with Crippen LogP contribution in [-0.4, -0.2) is 29.2 Å². The van der Waals surface area contributed by atoms with Gasteiger partial charge in [-0.1, -0.05) is 0 Å². The number of benzene rings is 1. The Labute approximate surface area is 133 Å². The minimum atomic E-state index is -4.46. The fraction of sp³-hybridized carbons (Fsp3) is 0.200. The number of nitrogens with zero attached hydrogens (tertiary/aromatic N) is 2. The highest BCUT2D eigenvalue weighted by Crippen LogP contribution is 2.34. The second-order valence-electron chi connectivity index (χ2n) is 4.93. The van der Waals surface area contributed by atoms with Gasteiger partial charge in [-0.3, -0.25) is 5.32 Å². The topological polar surface area (TPSA) is 50.5 Å². The molecule has 1 aromatic heterocycles. The smallest absolute Gasteiger partial charge is 0.416 e. The molecule has 0 saturated carbocycles. The molecule has 0 amide bonds. The van der Waals surface area contributed by atoms with Crippen molar-refractivity contribution in [2.75, 3.05) is 7.05 Å². The van der Waals surface area contributed by atoms with Crippen molar-refractivity contribution in [3.05, 3.63) is 57.4 Å². The number of hydroxylamine groups is 1. The van der Waals surface area contributed by atoms with Crippen LogP contribution in [0.15, 0.2) is 46.1 Å². The number of hydrogen-bond donors (Lipinski definition) is 1. The fourth-order valence-electron chi connectivity index (χ4n) is 2.31. The molecule has 23 heavy (non-hydrogen) atoms. The number of fused-ring (bicyclic) bond motifs is 1. The lowest BCUT2D eigenvalue weighted by atomic mass is 10.1. The molecule has 4 nitrogen and oxygen atoms in total. The van der Waals surface area contributed by atoms with Crippen molar-refractivity contribution < 1.29 is 17.9 Å². The standard InChI is InChI=1S/C15H13F3N3OS/c1-19-13-14(23-6-2-3-7-23)20-12-5-4-11(15(16,17)18)8-10(12)9-21(13)22/h2-9,13,19H,1H3/q+1. The van der Waals surface area contributed by atoms with E-state index < -0.39 is 28.4 Å². The zero-order chi connectivity index (χ0) is 16.6. The Kier molecular flexibility index (Phi) is 3.95. The minimum absolute atomic E-state index is 0.154. The molecule has 1 aromatic carbocycles. The molecule has 2 heterocycles. The summed E-state index contributed by atoms with van der Waals surface area (Å²) < 4.78 is 39.2. The van der Waals surface area contributed by atoms with Crippen LogP contribution in [0.3, 0.4) is 0 Å². The molecule has 1 aliphatic rings. The van der Waals surface area contributed by atoms with Crippen molar-refractivity contribution in [1.82, 2.24) is 5.32 Å². The van der Waals surface area contributed by atoms with Crippen molar-refractivity contribution in [3.8, 4) is 0 Å². The van der Waals surface area contributed by atoms with E-state index in [1.54, 1.807) is 7.05 Å². The lowest BCUT2D eigenvalue weighted by molar-refractivity contribution is -0.480. The zero-order valence-corrected chi connectivity index (χ0v) is 12.9. The summed E-state index contributed by atoms with van der Waals surface area (Å²) in [6.07, 6.45) is -4.04. The van der Waals surface area contributed by atoms with Gasteiger partial charge in [-0.25, -0.2) is 0 Å². The number of hydrogen-bond acceptors (Lipinski definition) is 3. The molecule has 0 saturated heterocycles. The first-order valence-corrected chi connectivity index (χ1v) is 8.09. The molecule has 0 fully saturated rings. The molecule has 0 aliphatic carbocycles. The molecule has 1 unspecified atom stereocenters. The third kappa shape index (κ3) is 2.99. The highest BCUT2D eigenvalue weighted by Gasteiger charge is 2.36. The van der Waals surface area contributed by atoms with Crippen molar-refractivity contribution in [3.63, 3.8) is 0 Å². The lowest BCUT2D eigenvalue weighted by Crippen LogP contribution is -2.40. The molecule has 120 valence electrons. The summed E-state index contributed by atoms with van der Waals surface area (Å²) in [5.41, 5.74) is -0.294. The van der Waals surface area contributed by atoms with Gasteiger partial charge in [0.1, 0.15) is 10.8 Å². The molecule has 0 radical (unpaired) electrons. The summed E-state index contributed by atoms with van der Waals surface area (Å²) in [6.45, 7) is 0. The van der Waals surface area contributed by atoms with Crippen LogP contribution >= 0.6 is 10.5 Å². The van der Waals surface area contributed by atoms with Crippen LogP contribution in [0.1, 0.15) is 11.1 Å². The van der Waals surface area contributed by atoms with Gasteiger partial charge >= 0.3 is 17.4 Å². The Hall–Kier alpha value is -2.19. The second kappa shape index (κ2) is 5.78. The van der Waals surface area contributed by atoms with Gasteiger partial charge in [-0.15, -0.1) is 0 Å². The van der Waals surface area contributed by atoms with Crippen LogP contribution in [0, 0.1) is 5.21 Å². The second-order valence-corrected chi connectivity index (χ2v) is 6.64. The summed E-state index contributed by atoms with van der Waals surface area (Å²) in [6, 6.07) is 6.94. The minimum Gasteiger partial charge on any atom is -0.622 e. The van der Waals surface area contributed by atoms with Crippen molar-refractivity contribution in [2.45, 2.75) is 12.3 Å². The molecule has 1 N–H and O–H groups in total. The fourth-order valence-corrected chi connectivity index (χ4v) is 3.89. The maximum absolute atomic E-state index is 12.9. The summed E-state index contributed by atoms with van der Waals surface area (Å²) in [7, 11) is 1.15. The van der Waals surface area contributed by atoms with E-state index >= 15 is 0 Å². The van der Waals surface area contributed by atoms with E-state index in [1.807, 2.05) is 22.9 Å². The van der Waals surface area contributed by atoms with Crippen molar-refractivity contribution in [1.29, 1.82) is 0 Å². The summed E-state index contributed by atoms with van der Waals surface area (Å²) in [4.78, 5) is 4.47. The molecule has 0 bridgehead atoms. The van der Waals surface area contributed by atoms with Gasteiger partial charge in [0.05, 0.1) is 16.8 Å². The number of nitrogens with one attached hydrogen (secondary N) is 1. The molecule has 3 rings (SSSR count). The third-order valence-electron chi connectivity index (χ3n) is 3.42. The summed E-state index contributed by atoms with van der Waals surface area (Å²) in [5.74, 6) is 0. The van der Waals surface area contributed by atoms with E-state index in [2.05, 4.69) is 10.3 Å². The van der Waals surface area contributed by atoms with E-state index in [1.165, 1.54) is 6.07 Å². The predicted molar refractivity (Wildman–Crippen MR) is 84.5 cm³/mol. The Morgan fingerprint density at radius 1 is 1.26 bits per heavy atom. The summed E-state index contributed by atoms with van der Waals surface area (Å²) >= 11 is 0. The third-order valence-corrected chi connectivity index (χ3v) is 5.11. The molecule has 8 heteroatoms. The van der Waals surface area contributed by atoms with Gasteiger partial charge in [0.2, 0.25) is 0 Å². The van der Waals surface area contributed by atoms with E-state index in [-0.39, 0.29) is 5.56 Å². The van der Waals surface area contributed by atoms with Crippen LogP contribution in [0.5, 0.6) is 0 Å². The van der Waals surface area contributed by atoms with Crippen molar-refractivity contribution >= 4 is 27.4 Å². The van der Waals surface area contributed by atoms with E-state index in [9.17, 15) is 18.4 Å². The Morgan fingerprint density at radius 3 is 2.57 bits per heavy atom. The number of halogens is 3. The predicted octanol–water partition coefficient (Wildman–Crippen LogP) is 3.52. The number of alkyl halides is 3. The zero-order valence-electron chi connectivity index (χ0n) is 12.0. The maximum Gasteiger partial charge on any atom is 0.416 e. The van der Waals surface area contributed by atoms with Crippen molar-refractivity contribution in [2.24, 2.45) is 4.99 Å². The normalized spacial score (nSPS) is 18.0. The molecule has 1 aliphatic heterocycles. The molecule has 0 spiro atoms. The Balaban J connectivity index is 2.18. The van der Waals surface area contributed by atoms with Gasteiger partial charge in [-0.05, 0) is 37.4 Å². The van der Waals surface area contributed by atoms with Gasteiger partial charge in [0.25, 0.3) is 0 Å². The van der Waals surface area contributed by atoms with E-state index in [0.29, 0.717) is 15.5 Å². The molecule has 2 aromatic rings. The molecule has 1 atom stereocenters. The highest BCUT2D eigenvalue weighted by atomic mass is 32.2. The molecular formula is C15H13F3N3OS+. The maximum atomic E-state index is 12.9. The first kappa shape index (κ1) is 15.7. The number of thiophene rings is 1. The average molecular weight is 340 g/mol. The van der Waals surface area contributed by atoms with Crippen LogP contribution < -0.4 is 5.32 Å². The largest absolute Gasteiger partial charge is 0.622 e. The Morgan fingerprint density at radius 2 is 1.96 bits per heavy atom. The van der Waals surface area contributed by atoms with Gasteiger partial charge in [-0.2, -0.15) is 22.9 Å².